The summed E-state index contributed by atoms with van der Waals surface area (Å²) >= 11 is 0.313. The molecule has 4 aliphatic rings. The van der Waals surface area contributed by atoms with Crippen LogP contribution in [0.2, 0.25) is 0 Å². The van der Waals surface area contributed by atoms with Crippen molar-refractivity contribution in [1.82, 2.24) is 0 Å². The van der Waals surface area contributed by atoms with E-state index in [4.69, 9.17) is 9.47 Å². The highest BCUT2D eigenvalue weighted by molar-refractivity contribution is 7.68. The van der Waals surface area contributed by atoms with Gasteiger partial charge in [0.15, 0.2) is 0 Å². The number of ether oxygens (including phenoxy) is 2. The maximum Gasteiger partial charge on any atom is 0.347 e. The lowest BCUT2D eigenvalue weighted by atomic mass is 9.44. The Bertz CT molecular complexity index is 834. The van der Waals surface area contributed by atoms with E-state index in [1.807, 2.05) is 0 Å². The zero-order valence-corrected chi connectivity index (χ0v) is 21.9. The van der Waals surface area contributed by atoms with Crippen LogP contribution in [0.3, 0.4) is 0 Å². The van der Waals surface area contributed by atoms with Crippen molar-refractivity contribution in [1.29, 1.82) is 0 Å². The average molecular weight is 479 g/mol. The fourth-order valence-electron chi connectivity index (χ4n) is 9.24. The Morgan fingerprint density at radius 2 is 1.70 bits per heavy atom. The summed E-state index contributed by atoms with van der Waals surface area (Å²) in [5.41, 5.74) is 0.670. The molecule has 0 aliphatic heterocycles. The molecule has 0 heterocycles. The summed E-state index contributed by atoms with van der Waals surface area (Å²) in [4.78, 5) is 23.8. The highest BCUT2D eigenvalue weighted by atomic mass is 32.1. The van der Waals surface area contributed by atoms with Gasteiger partial charge in [-0.15, -0.1) is 0 Å². The van der Waals surface area contributed by atoms with Crippen molar-refractivity contribution in [3.63, 3.8) is 0 Å². The molecule has 0 aromatic carbocycles. The first-order valence-electron chi connectivity index (χ1n) is 13.0. The number of carbonyl (C=O) groups excluding carboxylic acids is 2. The summed E-state index contributed by atoms with van der Waals surface area (Å²) in [6, 6.07) is 0. The fourth-order valence-corrected chi connectivity index (χ4v) is 9.72. The van der Waals surface area contributed by atoms with E-state index < -0.39 is 5.97 Å². The van der Waals surface area contributed by atoms with Crippen molar-refractivity contribution in [3.8, 4) is 0 Å². The van der Waals surface area contributed by atoms with E-state index >= 15 is 0 Å². The molecule has 6 heteroatoms. The largest absolute Gasteiger partial charge is 0.465 e. The summed E-state index contributed by atoms with van der Waals surface area (Å²) < 4.78 is 22.0. The molecule has 0 bridgehead atoms. The van der Waals surface area contributed by atoms with Crippen LogP contribution in [0, 0.1) is 46.3 Å². The van der Waals surface area contributed by atoms with Gasteiger partial charge in [-0.25, -0.2) is 9.00 Å². The molecule has 0 saturated heterocycles. The Morgan fingerprint density at radius 3 is 2.36 bits per heavy atom. The Morgan fingerprint density at radius 1 is 1.00 bits per heavy atom. The molecule has 4 aliphatic carbocycles. The topological polar surface area (TPSA) is 69.7 Å². The number of rotatable bonds is 5. The predicted molar refractivity (Wildman–Crippen MR) is 130 cm³/mol. The summed E-state index contributed by atoms with van der Waals surface area (Å²) in [5.74, 6) is 3.25. The van der Waals surface area contributed by atoms with Crippen molar-refractivity contribution >= 4 is 28.1 Å². The Balaban J connectivity index is 1.48. The van der Waals surface area contributed by atoms with Crippen molar-refractivity contribution in [2.24, 2.45) is 46.3 Å². The van der Waals surface area contributed by atoms with E-state index in [0.29, 0.717) is 51.1 Å². The van der Waals surface area contributed by atoms with Gasteiger partial charge in [0.25, 0.3) is 0 Å². The van der Waals surface area contributed by atoms with Gasteiger partial charge in [0.2, 0.25) is 0 Å². The van der Waals surface area contributed by atoms with Gasteiger partial charge in [-0.05, 0) is 111 Å². The molecule has 0 radical (unpaired) electrons. The molecule has 4 rings (SSSR count). The molecule has 186 valence electrons. The van der Waals surface area contributed by atoms with Crippen molar-refractivity contribution in [3.05, 3.63) is 0 Å². The van der Waals surface area contributed by atoms with E-state index in [9.17, 15) is 13.8 Å². The van der Waals surface area contributed by atoms with Crippen LogP contribution in [0.15, 0.2) is 0 Å². The second-order valence-corrected chi connectivity index (χ2v) is 12.7. The van der Waals surface area contributed by atoms with Gasteiger partial charge in [0.05, 0.1) is 18.4 Å². The van der Waals surface area contributed by atoms with Crippen LogP contribution in [0.25, 0.3) is 0 Å². The molecular formula is C27H42O5S. The fraction of sp³-hybridized carbons (Fsp3) is 0.889. The SMILES string of the molecule is COC(=O)C(C[C@@H](C)[C@H]1CC[C@H]2[C@@H]3CC[C@@H]4C[C@H](OC(C)=O)CC[C@]4(C)[C@H]3CC[C@]12C)=S=O. The van der Waals surface area contributed by atoms with Gasteiger partial charge in [-0.1, -0.05) is 20.8 Å². The lowest BCUT2D eigenvalue weighted by molar-refractivity contribution is -0.160. The van der Waals surface area contributed by atoms with Crippen LogP contribution in [0.4, 0.5) is 0 Å². The van der Waals surface area contributed by atoms with Gasteiger partial charge in [0.1, 0.15) is 11.0 Å². The van der Waals surface area contributed by atoms with Crippen molar-refractivity contribution < 1.29 is 23.3 Å². The molecule has 0 spiro atoms. The zero-order valence-electron chi connectivity index (χ0n) is 21.1. The molecule has 5 nitrogen and oxygen atoms in total. The third-order valence-electron chi connectivity index (χ3n) is 10.7. The van der Waals surface area contributed by atoms with E-state index in [1.165, 1.54) is 59.0 Å². The predicted octanol–water partition coefficient (Wildman–Crippen LogP) is 5.16. The van der Waals surface area contributed by atoms with Gasteiger partial charge in [0, 0.05) is 6.92 Å². The van der Waals surface area contributed by atoms with E-state index in [1.54, 1.807) is 0 Å². The maximum absolute atomic E-state index is 12.0. The van der Waals surface area contributed by atoms with Crippen LogP contribution in [0.5, 0.6) is 0 Å². The second kappa shape index (κ2) is 9.47. The Kier molecular flexibility index (Phi) is 7.15. The van der Waals surface area contributed by atoms with E-state index in [-0.39, 0.29) is 12.1 Å². The number of hydrogen-bond donors (Lipinski definition) is 0. The molecule has 0 N–H and O–H groups in total. The van der Waals surface area contributed by atoms with E-state index in [2.05, 4.69) is 20.8 Å². The molecule has 0 aromatic heterocycles. The van der Waals surface area contributed by atoms with Gasteiger partial charge >= 0.3 is 11.9 Å². The molecule has 0 unspecified atom stereocenters. The minimum atomic E-state index is -0.458. The number of esters is 2. The minimum Gasteiger partial charge on any atom is -0.465 e. The molecular weight excluding hydrogens is 436 g/mol. The standard InChI is InChI=1S/C27H42O5S/c1-16(14-24(33-30)25(29)31-5)21-8-9-22-20-7-6-18-15-19(32-17(2)28)10-12-26(18,3)23(20)11-13-27(21,22)4/h16,18-23H,6-15H2,1-5H3/t16-,18-,19-,20+,21-,22+,23+,26+,27-/m1/s1. The number of carbonyl (C=O) groups is 2. The first kappa shape index (κ1) is 24.9. The molecule has 9 atom stereocenters. The van der Waals surface area contributed by atoms with E-state index in [0.717, 1.165) is 30.6 Å². The zero-order chi connectivity index (χ0) is 24.0. The van der Waals surface area contributed by atoms with Crippen molar-refractivity contribution in [2.45, 2.75) is 98.0 Å². The minimum absolute atomic E-state index is 0.113. The van der Waals surface area contributed by atoms with Crippen LogP contribution in [-0.2, 0) is 30.3 Å². The lowest BCUT2D eigenvalue weighted by Crippen LogP contribution is -2.54. The average Bonchev–Trinajstić information content (AvgIpc) is 3.14. The quantitative estimate of drug-likeness (QED) is 0.403. The number of fused-ring (bicyclic) bond motifs is 5. The summed E-state index contributed by atoms with van der Waals surface area (Å²) in [6.45, 7) is 8.82. The smallest absolute Gasteiger partial charge is 0.347 e. The molecule has 4 saturated carbocycles. The second-order valence-electron chi connectivity index (χ2n) is 12.1. The number of methoxy groups -OCH3 is 1. The normalized spacial score (nSPS) is 42.8. The summed E-state index contributed by atoms with van der Waals surface area (Å²) in [7, 11) is 1.36. The van der Waals surface area contributed by atoms with Gasteiger partial charge in [-0.2, -0.15) is 0 Å². The first-order valence-corrected chi connectivity index (χ1v) is 13.8. The molecule has 0 amide bonds. The van der Waals surface area contributed by atoms with Crippen LogP contribution in [-0.4, -0.2) is 34.2 Å². The monoisotopic (exact) mass is 478 g/mol. The highest BCUT2D eigenvalue weighted by Crippen LogP contribution is 2.68. The summed E-state index contributed by atoms with van der Waals surface area (Å²) in [6.07, 6.45) is 11.5. The Labute approximate surface area is 202 Å². The third-order valence-corrected chi connectivity index (χ3v) is 11.3. The number of hydrogen-bond acceptors (Lipinski definition) is 5. The van der Waals surface area contributed by atoms with Crippen LogP contribution < -0.4 is 0 Å². The Hall–Kier alpha value is -1.17. The first-order chi connectivity index (χ1) is 15.6. The third kappa shape index (κ3) is 4.34. The van der Waals surface area contributed by atoms with Crippen molar-refractivity contribution in [2.75, 3.05) is 7.11 Å². The van der Waals surface area contributed by atoms with Crippen LogP contribution >= 0.6 is 0 Å². The van der Waals surface area contributed by atoms with Crippen LogP contribution in [0.1, 0.15) is 91.9 Å². The molecule has 0 aromatic rings. The maximum atomic E-state index is 12.0. The van der Waals surface area contributed by atoms with Gasteiger partial charge in [-0.3, -0.25) is 4.79 Å². The molecule has 4 fully saturated rings. The lowest BCUT2D eigenvalue weighted by Gasteiger charge is -2.61. The highest BCUT2D eigenvalue weighted by Gasteiger charge is 2.60. The van der Waals surface area contributed by atoms with Gasteiger partial charge < -0.3 is 9.47 Å². The molecule has 33 heavy (non-hydrogen) atoms. The summed E-state index contributed by atoms with van der Waals surface area (Å²) in [5, 5.41) is 0.